The number of nitrogens with one attached hydrogen (secondary N) is 1. The number of likely N-dealkylation sites (N-methyl/N-ethyl adjacent to an activating group) is 1. The molecule has 0 atom stereocenters. The molecule has 1 rings (SSSR count). The molecule has 0 unspecified atom stereocenters. The average Bonchev–Trinajstić information content (AvgIpc) is 2.12. The van der Waals surface area contributed by atoms with Gasteiger partial charge in [-0.05, 0) is 25.3 Å². The summed E-state index contributed by atoms with van der Waals surface area (Å²) in [5.74, 6) is 0.780. The van der Waals surface area contributed by atoms with E-state index in [0.717, 1.165) is 19.0 Å². The molecule has 0 aromatic heterocycles. The molecule has 1 fully saturated rings. The maximum atomic E-state index is 11.9. The molecule has 0 aromatic rings. The zero-order valence-electron chi connectivity index (χ0n) is 9.82. The van der Waals surface area contributed by atoms with Crippen molar-refractivity contribution >= 4 is 0 Å². The first-order chi connectivity index (χ1) is 7.51. The predicted molar refractivity (Wildman–Crippen MR) is 58.4 cm³/mol. The molecule has 0 radical (unpaired) electrons. The maximum absolute atomic E-state index is 11.9. The molecular weight excluding hydrogens is 217 g/mol. The highest BCUT2D eigenvalue weighted by Crippen LogP contribution is 2.26. The second-order valence-electron chi connectivity index (χ2n) is 4.48. The van der Waals surface area contributed by atoms with E-state index < -0.39 is 12.7 Å². The highest BCUT2D eigenvalue weighted by atomic mass is 19.4. The summed E-state index contributed by atoms with van der Waals surface area (Å²) in [6.07, 6.45) is -0.210. The van der Waals surface area contributed by atoms with E-state index in [-0.39, 0.29) is 0 Å². The van der Waals surface area contributed by atoms with Crippen LogP contribution >= 0.6 is 0 Å². The molecule has 0 aromatic carbocycles. The summed E-state index contributed by atoms with van der Waals surface area (Å²) in [5, 5.41) is 2.43. The second-order valence-corrected chi connectivity index (χ2v) is 4.48. The lowest BCUT2D eigenvalue weighted by molar-refractivity contribution is -0.124. The van der Waals surface area contributed by atoms with Crippen molar-refractivity contribution in [3.8, 4) is 0 Å². The van der Waals surface area contributed by atoms with Crippen molar-refractivity contribution in [3.63, 3.8) is 0 Å². The van der Waals surface area contributed by atoms with Crippen LogP contribution in [0.4, 0.5) is 13.2 Å². The lowest BCUT2D eigenvalue weighted by Crippen LogP contribution is -2.39. The first-order valence-corrected chi connectivity index (χ1v) is 6.01. The van der Waals surface area contributed by atoms with Gasteiger partial charge >= 0.3 is 6.18 Å². The van der Waals surface area contributed by atoms with Crippen LogP contribution in [0.25, 0.3) is 0 Å². The summed E-state index contributed by atoms with van der Waals surface area (Å²) in [6.45, 7) is 4.27. The Labute approximate surface area is 95.2 Å². The van der Waals surface area contributed by atoms with Gasteiger partial charge in [0.05, 0.1) is 6.54 Å². The van der Waals surface area contributed by atoms with Crippen LogP contribution in [-0.2, 0) is 0 Å². The van der Waals surface area contributed by atoms with Gasteiger partial charge in [-0.3, -0.25) is 0 Å². The van der Waals surface area contributed by atoms with Crippen molar-refractivity contribution in [1.82, 2.24) is 10.2 Å². The summed E-state index contributed by atoms with van der Waals surface area (Å²) in [7, 11) is 0. The van der Waals surface area contributed by atoms with Gasteiger partial charge in [0, 0.05) is 19.6 Å². The Morgan fingerprint density at radius 1 is 1.31 bits per heavy atom. The molecule has 2 nitrogen and oxygen atoms in total. The Morgan fingerprint density at radius 2 is 2.00 bits per heavy atom. The minimum atomic E-state index is -4.09. The molecule has 1 aliphatic carbocycles. The summed E-state index contributed by atoms with van der Waals surface area (Å²) in [6, 6.07) is 0. The quantitative estimate of drug-likeness (QED) is 0.684. The minimum absolute atomic E-state index is 0.417. The molecular formula is C11H21F3N2. The highest BCUT2D eigenvalue weighted by molar-refractivity contribution is 4.73. The normalized spacial score (nSPS) is 17.8. The zero-order chi connectivity index (χ0) is 12.0. The van der Waals surface area contributed by atoms with E-state index in [1.54, 1.807) is 0 Å². The van der Waals surface area contributed by atoms with E-state index in [2.05, 4.69) is 17.1 Å². The van der Waals surface area contributed by atoms with Crippen LogP contribution in [0.1, 0.15) is 26.2 Å². The first-order valence-electron chi connectivity index (χ1n) is 6.01. The van der Waals surface area contributed by atoms with E-state index >= 15 is 0 Å². The number of hydrogen-bond donors (Lipinski definition) is 1. The third kappa shape index (κ3) is 5.70. The maximum Gasteiger partial charge on any atom is 0.401 e. The number of alkyl halides is 3. The smallest absolute Gasteiger partial charge is 0.307 e. The van der Waals surface area contributed by atoms with Crippen LogP contribution in [-0.4, -0.2) is 43.8 Å². The van der Waals surface area contributed by atoms with Gasteiger partial charge in [0.15, 0.2) is 0 Å². The summed E-state index contributed by atoms with van der Waals surface area (Å²) < 4.78 is 35.6. The van der Waals surface area contributed by atoms with Crippen LogP contribution in [0.3, 0.4) is 0 Å². The van der Waals surface area contributed by atoms with Crippen molar-refractivity contribution in [2.75, 3.05) is 32.7 Å². The Morgan fingerprint density at radius 3 is 2.44 bits per heavy atom. The highest BCUT2D eigenvalue weighted by Gasteiger charge is 2.26. The van der Waals surface area contributed by atoms with Gasteiger partial charge in [0.1, 0.15) is 0 Å². The Bertz CT molecular complexity index is 190. The van der Waals surface area contributed by atoms with Gasteiger partial charge < -0.3 is 10.2 Å². The van der Waals surface area contributed by atoms with Gasteiger partial charge in [-0.25, -0.2) is 0 Å². The van der Waals surface area contributed by atoms with E-state index in [9.17, 15) is 13.2 Å². The second kappa shape index (κ2) is 6.45. The van der Waals surface area contributed by atoms with Crippen molar-refractivity contribution in [2.45, 2.75) is 32.4 Å². The topological polar surface area (TPSA) is 15.3 Å². The number of hydrogen-bond acceptors (Lipinski definition) is 2. The van der Waals surface area contributed by atoms with E-state index in [4.69, 9.17) is 0 Å². The van der Waals surface area contributed by atoms with E-state index in [1.165, 1.54) is 19.3 Å². The Kier molecular flexibility index (Phi) is 5.55. The molecule has 1 N–H and O–H groups in total. The Balaban J connectivity index is 2.04. The van der Waals surface area contributed by atoms with E-state index in [0.29, 0.717) is 13.1 Å². The summed E-state index contributed by atoms with van der Waals surface area (Å²) in [4.78, 5) is 2.23. The van der Waals surface area contributed by atoms with E-state index in [1.807, 2.05) is 0 Å². The fourth-order valence-corrected chi connectivity index (χ4v) is 1.89. The third-order valence-corrected chi connectivity index (χ3v) is 3.12. The first kappa shape index (κ1) is 13.8. The molecule has 0 heterocycles. The third-order valence-electron chi connectivity index (χ3n) is 3.12. The molecule has 0 amide bonds. The van der Waals surface area contributed by atoms with Crippen LogP contribution in [0.15, 0.2) is 0 Å². The molecule has 0 saturated heterocycles. The molecule has 16 heavy (non-hydrogen) atoms. The molecule has 96 valence electrons. The standard InChI is InChI=1S/C11H21F3N2/c1-2-16(8-10-4-3-5-10)7-6-15-9-11(12,13)14/h10,15H,2-9H2,1H3. The fourth-order valence-electron chi connectivity index (χ4n) is 1.89. The Hall–Kier alpha value is -0.290. The number of halogens is 3. The zero-order valence-corrected chi connectivity index (χ0v) is 9.82. The molecule has 1 aliphatic rings. The van der Waals surface area contributed by atoms with Gasteiger partial charge in [-0.2, -0.15) is 13.2 Å². The SMILES string of the molecule is CCN(CCNCC(F)(F)F)CC1CCC1. The van der Waals surface area contributed by atoms with Crippen molar-refractivity contribution in [2.24, 2.45) is 5.92 Å². The predicted octanol–water partition coefficient (Wildman–Crippen LogP) is 2.26. The molecule has 1 saturated carbocycles. The monoisotopic (exact) mass is 238 g/mol. The number of rotatable bonds is 7. The van der Waals surface area contributed by atoms with Crippen molar-refractivity contribution in [1.29, 1.82) is 0 Å². The lowest BCUT2D eigenvalue weighted by atomic mass is 9.85. The molecule has 0 spiro atoms. The van der Waals surface area contributed by atoms with Crippen LogP contribution in [0.2, 0.25) is 0 Å². The van der Waals surface area contributed by atoms with Gasteiger partial charge in [0.2, 0.25) is 0 Å². The van der Waals surface area contributed by atoms with Gasteiger partial charge in [-0.15, -0.1) is 0 Å². The average molecular weight is 238 g/mol. The van der Waals surface area contributed by atoms with Crippen LogP contribution in [0, 0.1) is 5.92 Å². The minimum Gasteiger partial charge on any atom is -0.307 e. The van der Waals surface area contributed by atoms with Crippen LogP contribution < -0.4 is 5.32 Å². The lowest BCUT2D eigenvalue weighted by Gasteiger charge is -2.31. The van der Waals surface area contributed by atoms with Crippen molar-refractivity contribution in [3.05, 3.63) is 0 Å². The van der Waals surface area contributed by atoms with Crippen LogP contribution in [0.5, 0.6) is 0 Å². The van der Waals surface area contributed by atoms with Crippen molar-refractivity contribution < 1.29 is 13.2 Å². The molecule has 5 heteroatoms. The molecule has 0 aliphatic heterocycles. The molecule has 0 bridgehead atoms. The summed E-state index contributed by atoms with van der Waals surface area (Å²) in [5.41, 5.74) is 0. The largest absolute Gasteiger partial charge is 0.401 e. The summed E-state index contributed by atoms with van der Waals surface area (Å²) >= 11 is 0. The fraction of sp³-hybridized carbons (Fsp3) is 1.00. The van der Waals surface area contributed by atoms with Gasteiger partial charge in [0.25, 0.3) is 0 Å². The van der Waals surface area contributed by atoms with Gasteiger partial charge in [-0.1, -0.05) is 13.3 Å². The number of nitrogens with zero attached hydrogens (tertiary/aromatic N) is 1.